The standard InChI is InChI=1S/C38H76N4O3/c1-3-5-7-9-11-13-15-17-19-21-23-25-27-29-34-45-37(44)35(31-30-33-41-38(39)40)42-36(43)32-28-26-24-22-20-18-16-14-12-10-8-6-4-2/h35H,3-34H2,1-2H3,(H,42,43)(H4,39,40,41)/t35-/m0/s1. The molecule has 5 N–H and O–H groups in total. The van der Waals surface area contributed by atoms with Gasteiger partial charge in [-0.05, 0) is 25.7 Å². The Hall–Kier alpha value is -1.79. The fourth-order valence-electron chi connectivity index (χ4n) is 5.89. The van der Waals surface area contributed by atoms with Crippen LogP contribution in [0.2, 0.25) is 0 Å². The maximum Gasteiger partial charge on any atom is 0.328 e. The predicted molar refractivity (Wildman–Crippen MR) is 193 cm³/mol. The van der Waals surface area contributed by atoms with Gasteiger partial charge >= 0.3 is 5.97 Å². The van der Waals surface area contributed by atoms with Crippen LogP contribution in [0.1, 0.15) is 206 Å². The van der Waals surface area contributed by atoms with E-state index in [0.717, 1.165) is 25.7 Å². The van der Waals surface area contributed by atoms with Crippen LogP contribution in [0.4, 0.5) is 0 Å². The molecular weight excluding hydrogens is 560 g/mol. The van der Waals surface area contributed by atoms with E-state index in [-0.39, 0.29) is 17.8 Å². The molecule has 1 atom stereocenters. The Morgan fingerprint density at radius 3 is 1.33 bits per heavy atom. The Morgan fingerprint density at radius 2 is 0.933 bits per heavy atom. The molecule has 0 aromatic heterocycles. The first-order chi connectivity index (χ1) is 22.0. The molecule has 0 aliphatic carbocycles. The number of esters is 1. The smallest absolute Gasteiger partial charge is 0.328 e. The lowest BCUT2D eigenvalue weighted by atomic mass is 10.0. The number of nitrogens with zero attached hydrogens (tertiary/aromatic N) is 1. The number of ether oxygens (including phenoxy) is 1. The average molecular weight is 637 g/mol. The third kappa shape index (κ3) is 33.4. The van der Waals surface area contributed by atoms with E-state index in [1.807, 2.05) is 0 Å². The Balaban J connectivity index is 4.00. The van der Waals surface area contributed by atoms with Crippen molar-refractivity contribution < 1.29 is 14.3 Å². The zero-order valence-electron chi connectivity index (χ0n) is 30.0. The number of unbranched alkanes of at least 4 members (excludes halogenated alkanes) is 25. The second kappa shape index (κ2) is 35.1. The van der Waals surface area contributed by atoms with E-state index in [4.69, 9.17) is 16.2 Å². The zero-order valence-corrected chi connectivity index (χ0v) is 30.0. The molecule has 266 valence electrons. The van der Waals surface area contributed by atoms with Crippen molar-refractivity contribution in [2.75, 3.05) is 13.2 Å². The summed E-state index contributed by atoms with van der Waals surface area (Å²) in [7, 11) is 0. The Kier molecular flexibility index (Phi) is 33.7. The SMILES string of the molecule is CCCCCCCCCCCCCCCCOC(=O)[C@H](CCCN=C(N)N)NC(=O)CCCCCCCCCCCCCCC. The number of aliphatic imine (C=N–C) groups is 1. The highest BCUT2D eigenvalue weighted by atomic mass is 16.5. The van der Waals surface area contributed by atoms with Gasteiger partial charge in [-0.3, -0.25) is 9.79 Å². The van der Waals surface area contributed by atoms with E-state index in [0.29, 0.717) is 32.4 Å². The van der Waals surface area contributed by atoms with Crippen LogP contribution < -0.4 is 16.8 Å². The normalized spacial score (nSPS) is 11.8. The number of rotatable bonds is 35. The van der Waals surface area contributed by atoms with Crippen LogP contribution in [0.25, 0.3) is 0 Å². The number of carbonyl (C=O) groups is 2. The number of amides is 1. The second-order valence-corrected chi connectivity index (χ2v) is 13.3. The summed E-state index contributed by atoms with van der Waals surface area (Å²) in [6.07, 6.45) is 36.2. The lowest BCUT2D eigenvalue weighted by molar-refractivity contribution is -0.148. The number of guanidine groups is 1. The van der Waals surface area contributed by atoms with Gasteiger partial charge in [0.2, 0.25) is 5.91 Å². The van der Waals surface area contributed by atoms with Crippen molar-refractivity contribution >= 4 is 17.8 Å². The van der Waals surface area contributed by atoms with Crippen molar-refractivity contribution in [1.82, 2.24) is 5.32 Å². The van der Waals surface area contributed by atoms with Crippen LogP contribution in [-0.4, -0.2) is 37.0 Å². The monoisotopic (exact) mass is 637 g/mol. The van der Waals surface area contributed by atoms with Gasteiger partial charge in [0.05, 0.1) is 6.61 Å². The lowest BCUT2D eigenvalue weighted by Crippen LogP contribution is -2.42. The molecule has 0 spiro atoms. The van der Waals surface area contributed by atoms with Gasteiger partial charge in [-0.15, -0.1) is 0 Å². The minimum atomic E-state index is -0.639. The predicted octanol–water partition coefficient (Wildman–Crippen LogP) is 10.0. The molecule has 0 saturated heterocycles. The van der Waals surface area contributed by atoms with Gasteiger partial charge in [0.1, 0.15) is 6.04 Å². The summed E-state index contributed by atoms with van der Waals surface area (Å²) in [4.78, 5) is 29.4. The number of hydrogen-bond donors (Lipinski definition) is 3. The van der Waals surface area contributed by atoms with E-state index in [1.54, 1.807) is 0 Å². The van der Waals surface area contributed by atoms with E-state index in [2.05, 4.69) is 24.2 Å². The van der Waals surface area contributed by atoms with Crippen LogP contribution in [0.3, 0.4) is 0 Å². The topological polar surface area (TPSA) is 120 Å². The van der Waals surface area contributed by atoms with Crippen molar-refractivity contribution in [3.63, 3.8) is 0 Å². The van der Waals surface area contributed by atoms with Gasteiger partial charge in [-0.1, -0.05) is 174 Å². The third-order valence-electron chi connectivity index (χ3n) is 8.81. The van der Waals surface area contributed by atoms with E-state index in [1.165, 1.54) is 148 Å². The average Bonchev–Trinajstić information content (AvgIpc) is 3.02. The van der Waals surface area contributed by atoms with E-state index in [9.17, 15) is 9.59 Å². The number of hydrogen-bond acceptors (Lipinski definition) is 4. The van der Waals surface area contributed by atoms with E-state index < -0.39 is 6.04 Å². The first kappa shape index (κ1) is 43.2. The molecule has 0 heterocycles. The van der Waals surface area contributed by atoms with Gasteiger partial charge in [-0.2, -0.15) is 0 Å². The quantitative estimate of drug-likeness (QED) is 0.0277. The van der Waals surface area contributed by atoms with Crippen molar-refractivity contribution in [2.45, 2.75) is 213 Å². The summed E-state index contributed by atoms with van der Waals surface area (Å²) in [5.41, 5.74) is 10.9. The molecule has 0 saturated carbocycles. The van der Waals surface area contributed by atoms with Gasteiger partial charge in [0.25, 0.3) is 0 Å². The largest absolute Gasteiger partial charge is 0.464 e. The van der Waals surface area contributed by atoms with Gasteiger partial charge < -0.3 is 21.5 Å². The first-order valence-electron chi connectivity index (χ1n) is 19.5. The first-order valence-corrected chi connectivity index (χ1v) is 19.5. The van der Waals surface area contributed by atoms with E-state index >= 15 is 0 Å². The lowest BCUT2D eigenvalue weighted by Gasteiger charge is -2.17. The minimum Gasteiger partial charge on any atom is -0.464 e. The summed E-state index contributed by atoms with van der Waals surface area (Å²) in [5, 5.41) is 2.93. The third-order valence-corrected chi connectivity index (χ3v) is 8.81. The van der Waals surface area contributed by atoms with Crippen LogP contribution in [-0.2, 0) is 14.3 Å². The summed E-state index contributed by atoms with van der Waals surface area (Å²) in [6.45, 7) is 5.38. The zero-order chi connectivity index (χ0) is 33.1. The fraction of sp³-hybridized carbons (Fsp3) is 0.921. The van der Waals surface area contributed by atoms with Crippen molar-refractivity contribution in [3.8, 4) is 0 Å². The highest BCUT2D eigenvalue weighted by Gasteiger charge is 2.21. The Bertz CT molecular complexity index is 682. The second-order valence-electron chi connectivity index (χ2n) is 13.3. The van der Waals surface area contributed by atoms with Crippen molar-refractivity contribution in [1.29, 1.82) is 0 Å². The Morgan fingerprint density at radius 1 is 0.556 bits per heavy atom. The summed E-state index contributed by atoms with van der Waals surface area (Å²) < 4.78 is 5.57. The molecule has 0 aliphatic rings. The van der Waals surface area contributed by atoms with Gasteiger partial charge in [-0.25, -0.2) is 4.79 Å². The highest BCUT2D eigenvalue weighted by molar-refractivity contribution is 5.84. The maximum atomic E-state index is 12.8. The Labute approximate surface area is 279 Å². The van der Waals surface area contributed by atoms with Crippen molar-refractivity contribution in [3.05, 3.63) is 0 Å². The molecule has 0 fully saturated rings. The molecule has 7 nitrogen and oxygen atoms in total. The van der Waals surface area contributed by atoms with Crippen LogP contribution in [0.5, 0.6) is 0 Å². The molecular formula is C38H76N4O3. The van der Waals surface area contributed by atoms with Gasteiger partial charge in [0.15, 0.2) is 5.96 Å². The molecule has 0 radical (unpaired) electrons. The molecule has 0 aromatic carbocycles. The fourth-order valence-corrected chi connectivity index (χ4v) is 5.89. The summed E-state index contributed by atoms with van der Waals surface area (Å²) in [6, 6.07) is -0.639. The molecule has 7 heteroatoms. The number of nitrogens with two attached hydrogens (primary N) is 2. The molecule has 1 amide bonds. The number of nitrogens with one attached hydrogen (secondary N) is 1. The molecule has 0 aliphatic heterocycles. The number of carbonyl (C=O) groups excluding carboxylic acids is 2. The molecule has 0 bridgehead atoms. The maximum absolute atomic E-state index is 12.8. The summed E-state index contributed by atoms with van der Waals surface area (Å²) in [5.74, 6) is -0.371. The highest BCUT2D eigenvalue weighted by Crippen LogP contribution is 2.15. The summed E-state index contributed by atoms with van der Waals surface area (Å²) >= 11 is 0. The molecule has 0 aromatic rings. The van der Waals surface area contributed by atoms with Crippen LogP contribution in [0, 0.1) is 0 Å². The van der Waals surface area contributed by atoms with Crippen LogP contribution in [0.15, 0.2) is 4.99 Å². The molecule has 0 unspecified atom stereocenters. The van der Waals surface area contributed by atoms with Crippen molar-refractivity contribution in [2.24, 2.45) is 16.5 Å². The minimum absolute atomic E-state index is 0.0402. The van der Waals surface area contributed by atoms with Gasteiger partial charge in [0, 0.05) is 13.0 Å². The molecule has 0 rings (SSSR count). The molecule has 45 heavy (non-hydrogen) atoms. The van der Waals surface area contributed by atoms with Crippen LogP contribution >= 0.6 is 0 Å².